The molecule has 1 aliphatic rings. The van der Waals surface area contributed by atoms with E-state index in [4.69, 9.17) is 5.73 Å². The average molecular weight is 289 g/mol. The number of piperazine rings is 1. The van der Waals surface area contributed by atoms with Crippen molar-refractivity contribution in [3.8, 4) is 11.8 Å². The van der Waals surface area contributed by atoms with Gasteiger partial charge in [-0.25, -0.2) is 4.39 Å². The van der Waals surface area contributed by atoms with Gasteiger partial charge in [-0.1, -0.05) is 18.8 Å². The number of hydrogen-bond donors (Lipinski definition) is 1. The van der Waals surface area contributed by atoms with E-state index < -0.39 is 0 Å². The van der Waals surface area contributed by atoms with E-state index in [2.05, 4.69) is 35.6 Å². The number of hydrogen-bond acceptors (Lipinski definition) is 3. The van der Waals surface area contributed by atoms with Crippen molar-refractivity contribution in [2.45, 2.75) is 25.9 Å². The van der Waals surface area contributed by atoms with E-state index in [1.54, 1.807) is 6.07 Å². The maximum Gasteiger partial charge on any atom is 0.124 e. The quantitative estimate of drug-likeness (QED) is 0.859. The molecule has 1 atom stereocenters. The molecule has 3 nitrogen and oxygen atoms in total. The van der Waals surface area contributed by atoms with Crippen LogP contribution in [-0.2, 0) is 6.54 Å². The summed E-state index contributed by atoms with van der Waals surface area (Å²) in [7, 11) is 2.17. The van der Waals surface area contributed by atoms with Gasteiger partial charge in [0.25, 0.3) is 0 Å². The van der Waals surface area contributed by atoms with E-state index in [1.165, 1.54) is 6.07 Å². The Balaban J connectivity index is 2.07. The van der Waals surface area contributed by atoms with Gasteiger partial charge in [0.1, 0.15) is 5.82 Å². The standard InChI is InChI=1S/C17H24FN3/c1-3-17-13-21(8-7-20(17)2)12-15-9-14(5-4-6-19)10-16(18)11-15/h9-11,17H,3,6-8,12-13,19H2,1-2H3. The van der Waals surface area contributed by atoms with Crippen LogP contribution in [-0.4, -0.2) is 49.1 Å². The number of likely N-dealkylation sites (N-methyl/N-ethyl adjacent to an activating group) is 1. The van der Waals surface area contributed by atoms with Gasteiger partial charge in [-0.15, -0.1) is 0 Å². The summed E-state index contributed by atoms with van der Waals surface area (Å²) in [6, 6.07) is 5.62. The molecule has 1 saturated heterocycles. The van der Waals surface area contributed by atoms with Crippen LogP contribution in [0.4, 0.5) is 4.39 Å². The van der Waals surface area contributed by atoms with Crippen molar-refractivity contribution in [1.29, 1.82) is 0 Å². The molecule has 1 aromatic carbocycles. The first-order valence-electron chi connectivity index (χ1n) is 7.53. The summed E-state index contributed by atoms with van der Waals surface area (Å²) in [6.45, 7) is 6.41. The van der Waals surface area contributed by atoms with Crippen LogP contribution >= 0.6 is 0 Å². The van der Waals surface area contributed by atoms with Crippen LogP contribution in [0.3, 0.4) is 0 Å². The van der Waals surface area contributed by atoms with Gasteiger partial charge in [-0.2, -0.15) is 0 Å². The molecule has 0 bridgehead atoms. The zero-order valence-corrected chi connectivity index (χ0v) is 12.9. The summed E-state index contributed by atoms with van der Waals surface area (Å²) in [6.07, 6.45) is 1.14. The summed E-state index contributed by atoms with van der Waals surface area (Å²) >= 11 is 0. The number of halogens is 1. The van der Waals surface area contributed by atoms with E-state index in [-0.39, 0.29) is 5.82 Å². The second-order valence-corrected chi connectivity index (χ2v) is 5.63. The molecule has 0 spiro atoms. The highest BCUT2D eigenvalue weighted by Gasteiger charge is 2.22. The van der Waals surface area contributed by atoms with Gasteiger partial charge in [0, 0.05) is 37.8 Å². The predicted octanol–water partition coefficient (Wildman–Crippen LogP) is 1.66. The largest absolute Gasteiger partial charge is 0.320 e. The first-order chi connectivity index (χ1) is 10.1. The fourth-order valence-corrected chi connectivity index (χ4v) is 2.82. The summed E-state index contributed by atoms with van der Waals surface area (Å²) in [5.41, 5.74) is 7.05. The number of nitrogens with two attached hydrogens (primary N) is 1. The third-order valence-electron chi connectivity index (χ3n) is 4.03. The van der Waals surface area contributed by atoms with Gasteiger partial charge in [-0.3, -0.25) is 4.90 Å². The lowest BCUT2D eigenvalue weighted by molar-refractivity contribution is 0.0883. The lowest BCUT2D eigenvalue weighted by Gasteiger charge is -2.39. The fourth-order valence-electron chi connectivity index (χ4n) is 2.82. The lowest BCUT2D eigenvalue weighted by Crippen LogP contribution is -2.50. The molecule has 0 aromatic heterocycles. The average Bonchev–Trinajstić information content (AvgIpc) is 2.46. The van der Waals surface area contributed by atoms with Crippen LogP contribution in [0.15, 0.2) is 18.2 Å². The Hall–Kier alpha value is -1.41. The Bertz CT molecular complexity index is 533. The van der Waals surface area contributed by atoms with Crippen molar-refractivity contribution in [3.05, 3.63) is 35.1 Å². The van der Waals surface area contributed by atoms with Crippen molar-refractivity contribution in [1.82, 2.24) is 9.80 Å². The van der Waals surface area contributed by atoms with Crippen LogP contribution < -0.4 is 5.73 Å². The minimum atomic E-state index is -0.227. The molecule has 1 heterocycles. The third kappa shape index (κ3) is 4.53. The second-order valence-electron chi connectivity index (χ2n) is 5.63. The molecular weight excluding hydrogens is 265 g/mol. The molecule has 0 saturated carbocycles. The Morgan fingerprint density at radius 3 is 2.86 bits per heavy atom. The molecule has 2 N–H and O–H groups in total. The SMILES string of the molecule is CCC1CN(Cc2cc(F)cc(C#CCN)c2)CCN1C. The highest BCUT2D eigenvalue weighted by Crippen LogP contribution is 2.16. The fraction of sp³-hybridized carbons (Fsp3) is 0.529. The minimum Gasteiger partial charge on any atom is -0.320 e. The molecule has 4 heteroatoms. The van der Waals surface area contributed by atoms with Crippen LogP contribution in [0.2, 0.25) is 0 Å². The van der Waals surface area contributed by atoms with Crippen molar-refractivity contribution in [2.24, 2.45) is 5.73 Å². The van der Waals surface area contributed by atoms with Gasteiger partial charge in [-0.05, 0) is 37.2 Å². The van der Waals surface area contributed by atoms with Gasteiger partial charge in [0.05, 0.1) is 6.54 Å². The molecule has 0 aliphatic carbocycles. The minimum absolute atomic E-state index is 0.227. The van der Waals surface area contributed by atoms with E-state index in [1.807, 2.05) is 6.07 Å². The number of benzene rings is 1. The topological polar surface area (TPSA) is 32.5 Å². The summed E-state index contributed by atoms with van der Waals surface area (Å²) in [5, 5.41) is 0. The molecule has 1 fully saturated rings. The third-order valence-corrected chi connectivity index (χ3v) is 4.03. The number of nitrogens with zero attached hydrogens (tertiary/aromatic N) is 2. The zero-order chi connectivity index (χ0) is 15.2. The monoisotopic (exact) mass is 289 g/mol. The molecule has 21 heavy (non-hydrogen) atoms. The zero-order valence-electron chi connectivity index (χ0n) is 12.9. The van der Waals surface area contributed by atoms with Gasteiger partial charge < -0.3 is 10.6 Å². The summed E-state index contributed by atoms with van der Waals surface area (Å²) < 4.78 is 13.7. The van der Waals surface area contributed by atoms with Gasteiger partial charge in [0.2, 0.25) is 0 Å². The molecule has 114 valence electrons. The van der Waals surface area contributed by atoms with Crippen LogP contribution in [0.1, 0.15) is 24.5 Å². The second kappa shape index (κ2) is 7.56. The van der Waals surface area contributed by atoms with E-state index in [9.17, 15) is 4.39 Å². The predicted molar refractivity (Wildman–Crippen MR) is 84.3 cm³/mol. The van der Waals surface area contributed by atoms with Crippen molar-refractivity contribution >= 4 is 0 Å². The summed E-state index contributed by atoms with van der Waals surface area (Å²) in [5.74, 6) is 5.46. The molecule has 1 aromatic rings. The van der Waals surface area contributed by atoms with E-state index in [0.29, 0.717) is 18.2 Å². The molecule has 0 amide bonds. The van der Waals surface area contributed by atoms with Crippen molar-refractivity contribution in [3.63, 3.8) is 0 Å². The Morgan fingerprint density at radius 1 is 1.33 bits per heavy atom. The Labute approximate surface area is 126 Å². The molecule has 0 radical (unpaired) electrons. The van der Waals surface area contributed by atoms with Crippen molar-refractivity contribution in [2.75, 3.05) is 33.2 Å². The van der Waals surface area contributed by atoms with Crippen molar-refractivity contribution < 1.29 is 4.39 Å². The highest BCUT2D eigenvalue weighted by atomic mass is 19.1. The molecule has 1 aliphatic heterocycles. The van der Waals surface area contributed by atoms with Gasteiger partial charge in [0.15, 0.2) is 0 Å². The lowest BCUT2D eigenvalue weighted by atomic mass is 10.1. The van der Waals surface area contributed by atoms with E-state index >= 15 is 0 Å². The number of rotatable bonds is 3. The first kappa shape index (κ1) is 16.0. The highest BCUT2D eigenvalue weighted by molar-refractivity contribution is 5.38. The Morgan fingerprint density at radius 2 is 2.14 bits per heavy atom. The maximum absolute atomic E-state index is 13.7. The smallest absolute Gasteiger partial charge is 0.124 e. The molecule has 2 rings (SSSR count). The van der Waals surface area contributed by atoms with Crippen LogP contribution in [0.25, 0.3) is 0 Å². The molecule has 1 unspecified atom stereocenters. The maximum atomic E-state index is 13.7. The van der Waals surface area contributed by atoms with E-state index in [0.717, 1.165) is 38.2 Å². The Kier molecular flexibility index (Phi) is 5.75. The van der Waals surface area contributed by atoms with Crippen LogP contribution in [0.5, 0.6) is 0 Å². The van der Waals surface area contributed by atoms with Gasteiger partial charge >= 0.3 is 0 Å². The normalized spacial score (nSPS) is 20.1. The summed E-state index contributed by atoms with van der Waals surface area (Å²) in [4.78, 5) is 4.79. The van der Waals surface area contributed by atoms with Crippen LogP contribution in [0, 0.1) is 17.7 Å². The molecular formula is C17H24FN3. The first-order valence-corrected chi connectivity index (χ1v) is 7.53.